The number of ketones is 1. The van der Waals surface area contributed by atoms with E-state index in [1.165, 1.54) is 19.3 Å². The maximum atomic E-state index is 12.0. The van der Waals surface area contributed by atoms with Crippen molar-refractivity contribution in [2.45, 2.75) is 38.7 Å². The van der Waals surface area contributed by atoms with E-state index < -0.39 is 0 Å². The molecule has 17 heavy (non-hydrogen) atoms. The van der Waals surface area contributed by atoms with Gasteiger partial charge in [-0.2, -0.15) is 0 Å². The molecule has 0 heterocycles. The van der Waals surface area contributed by atoms with Gasteiger partial charge in [-0.1, -0.05) is 49.6 Å². The molecule has 1 fully saturated rings. The number of hydrogen-bond acceptors (Lipinski definition) is 2. The number of rotatable bonds is 6. The van der Waals surface area contributed by atoms with Crippen LogP contribution in [-0.2, 0) is 4.74 Å². The largest absolute Gasteiger partial charge is 0.370 e. The van der Waals surface area contributed by atoms with Crippen LogP contribution in [-0.4, -0.2) is 18.5 Å². The zero-order valence-electron chi connectivity index (χ0n) is 10.4. The number of hydrogen-bond donors (Lipinski definition) is 0. The standard InChI is InChI=1S/C15H20O2/c1-12(17-11-10-13-6-5-7-13)15(16)14-8-3-2-4-9-14/h2-4,8-9,12-13H,5-7,10-11H2,1H3. The predicted octanol–water partition coefficient (Wildman–Crippen LogP) is 3.46. The summed E-state index contributed by atoms with van der Waals surface area (Å²) in [6, 6.07) is 9.36. The van der Waals surface area contributed by atoms with Crippen molar-refractivity contribution in [2.24, 2.45) is 5.92 Å². The second-order valence-corrected chi connectivity index (χ2v) is 4.83. The summed E-state index contributed by atoms with van der Waals surface area (Å²) in [7, 11) is 0. The minimum Gasteiger partial charge on any atom is -0.370 e. The molecule has 1 aliphatic rings. The summed E-state index contributed by atoms with van der Waals surface area (Å²) >= 11 is 0. The Kier molecular flexibility index (Phi) is 4.32. The number of Topliss-reactive ketones (excluding diaryl/α,β-unsaturated/α-hetero) is 1. The molecule has 0 aromatic heterocycles. The van der Waals surface area contributed by atoms with E-state index in [0.717, 1.165) is 17.9 Å². The third-order valence-electron chi connectivity index (χ3n) is 3.55. The first-order valence-corrected chi connectivity index (χ1v) is 6.48. The second kappa shape index (κ2) is 5.97. The topological polar surface area (TPSA) is 26.3 Å². The van der Waals surface area contributed by atoms with Crippen LogP contribution < -0.4 is 0 Å². The van der Waals surface area contributed by atoms with Crippen molar-refractivity contribution in [3.05, 3.63) is 35.9 Å². The average Bonchev–Trinajstić information content (AvgIpc) is 2.32. The van der Waals surface area contributed by atoms with Crippen LogP contribution in [0, 0.1) is 5.92 Å². The minimum absolute atomic E-state index is 0.0826. The van der Waals surface area contributed by atoms with E-state index in [4.69, 9.17) is 4.74 Å². The lowest BCUT2D eigenvalue weighted by Crippen LogP contribution is -2.23. The molecule has 0 radical (unpaired) electrons. The van der Waals surface area contributed by atoms with Gasteiger partial charge in [-0.15, -0.1) is 0 Å². The lowest BCUT2D eigenvalue weighted by atomic mass is 9.83. The summed E-state index contributed by atoms with van der Waals surface area (Å²) in [4.78, 5) is 12.0. The van der Waals surface area contributed by atoms with Crippen molar-refractivity contribution in [1.29, 1.82) is 0 Å². The first-order chi connectivity index (χ1) is 8.27. The fourth-order valence-corrected chi connectivity index (χ4v) is 2.11. The van der Waals surface area contributed by atoms with Crippen LogP contribution in [0.2, 0.25) is 0 Å². The molecule has 0 amide bonds. The van der Waals surface area contributed by atoms with Crippen molar-refractivity contribution < 1.29 is 9.53 Å². The maximum Gasteiger partial charge on any atom is 0.191 e. The van der Waals surface area contributed by atoms with Gasteiger partial charge in [0.2, 0.25) is 0 Å². The van der Waals surface area contributed by atoms with E-state index in [1.807, 2.05) is 37.3 Å². The summed E-state index contributed by atoms with van der Waals surface area (Å²) in [6.07, 6.45) is 4.82. The fourth-order valence-electron chi connectivity index (χ4n) is 2.11. The highest BCUT2D eigenvalue weighted by Gasteiger charge is 2.19. The summed E-state index contributed by atoms with van der Waals surface area (Å²) in [5.74, 6) is 0.924. The first-order valence-electron chi connectivity index (χ1n) is 6.48. The van der Waals surface area contributed by atoms with Crippen molar-refractivity contribution >= 4 is 5.78 Å². The minimum atomic E-state index is -0.322. The zero-order chi connectivity index (χ0) is 12.1. The Morgan fingerprint density at radius 2 is 2.06 bits per heavy atom. The van der Waals surface area contributed by atoms with Gasteiger partial charge in [-0.05, 0) is 19.3 Å². The van der Waals surface area contributed by atoms with Gasteiger partial charge in [-0.3, -0.25) is 4.79 Å². The molecule has 2 rings (SSSR count). The van der Waals surface area contributed by atoms with Crippen LogP contribution in [0.25, 0.3) is 0 Å². The van der Waals surface area contributed by atoms with Gasteiger partial charge in [0.25, 0.3) is 0 Å². The Labute approximate surface area is 103 Å². The highest BCUT2D eigenvalue weighted by atomic mass is 16.5. The van der Waals surface area contributed by atoms with Gasteiger partial charge in [0.15, 0.2) is 5.78 Å². The van der Waals surface area contributed by atoms with Crippen LogP contribution in [0.4, 0.5) is 0 Å². The normalized spacial score (nSPS) is 17.5. The lowest BCUT2D eigenvalue weighted by molar-refractivity contribution is 0.0395. The Bertz CT molecular complexity index is 354. The van der Waals surface area contributed by atoms with Gasteiger partial charge in [0.05, 0.1) is 0 Å². The molecule has 2 nitrogen and oxygen atoms in total. The van der Waals surface area contributed by atoms with E-state index in [1.54, 1.807) is 0 Å². The Morgan fingerprint density at radius 1 is 1.35 bits per heavy atom. The number of carbonyl (C=O) groups is 1. The highest BCUT2D eigenvalue weighted by Crippen LogP contribution is 2.29. The third kappa shape index (κ3) is 3.40. The quantitative estimate of drug-likeness (QED) is 0.702. The molecule has 0 saturated heterocycles. The molecular weight excluding hydrogens is 212 g/mol. The molecule has 0 N–H and O–H groups in total. The molecule has 2 heteroatoms. The highest BCUT2D eigenvalue weighted by molar-refractivity contribution is 5.99. The molecule has 1 unspecified atom stereocenters. The summed E-state index contributed by atoms with van der Waals surface area (Å²) < 4.78 is 5.62. The smallest absolute Gasteiger partial charge is 0.191 e. The van der Waals surface area contributed by atoms with E-state index in [0.29, 0.717) is 6.61 Å². The van der Waals surface area contributed by atoms with Crippen LogP contribution >= 0.6 is 0 Å². The summed E-state index contributed by atoms with van der Waals surface area (Å²) in [5, 5.41) is 0. The van der Waals surface area contributed by atoms with Gasteiger partial charge < -0.3 is 4.74 Å². The molecule has 1 saturated carbocycles. The molecular formula is C15H20O2. The Hall–Kier alpha value is -1.15. The molecule has 0 aliphatic heterocycles. The van der Waals surface area contributed by atoms with Crippen LogP contribution in [0.3, 0.4) is 0 Å². The number of benzene rings is 1. The molecule has 0 bridgehead atoms. The predicted molar refractivity (Wildman–Crippen MR) is 68.1 cm³/mol. The Morgan fingerprint density at radius 3 is 2.65 bits per heavy atom. The molecule has 1 atom stereocenters. The van der Waals surface area contributed by atoms with Gasteiger partial charge in [-0.25, -0.2) is 0 Å². The van der Waals surface area contributed by atoms with E-state index in [-0.39, 0.29) is 11.9 Å². The lowest BCUT2D eigenvalue weighted by Gasteiger charge is -2.25. The van der Waals surface area contributed by atoms with E-state index >= 15 is 0 Å². The van der Waals surface area contributed by atoms with Crippen molar-refractivity contribution in [3.63, 3.8) is 0 Å². The first kappa shape index (κ1) is 12.3. The van der Waals surface area contributed by atoms with Gasteiger partial charge in [0.1, 0.15) is 6.10 Å². The molecule has 0 spiro atoms. The van der Waals surface area contributed by atoms with Crippen molar-refractivity contribution in [2.75, 3.05) is 6.61 Å². The zero-order valence-corrected chi connectivity index (χ0v) is 10.4. The molecule has 1 aromatic carbocycles. The molecule has 1 aliphatic carbocycles. The van der Waals surface area contributed by atoms with Crippen LogP contribution in [0.15, 0.2) is 30.3 Å². The van der Waals surface area contributed by atoms with Gasteiger partial charge >= 0.3 is 0 Å². The molecule has 1 aromatic rings. The van der Waals surface area contributed by atoms with Crippen LogP contribution in [0.1, 0.15) is 43.0 Å². The van der Waals surface area contributed by atoms with Gasteiger partial charge in [0, 0.05) is 12.2 Å². The average molecular weight is 232 g/mol. The van der Waals surface area contributed by atoms with Crippen LogP contribution in [0.5, 0.6) is 0 Å². The third-order valence-corrected chi connectivity index (χ3v) is 3.55. The summed E-state index contributed by atoms with van der Waals surface area (Å²) in [6.45, 7) is 2.56. The number of ether oxygens (including phenoxy) is 1. The van der Waals surface area contributed by atoms with Crippen molar-refractivity contribution in [1.82, 2.24) is 0 Å². The second-order valence-electron chi connectivity index (χ2n) is 4.83. The fraction of sp³-hybridized carbons (Fsp3) is 0.533. The number of carbonyl (C=O) groups excluding carboxylic acids is 1. The van der Waals surface area contributed by atoms with Crippen molar-refractivity contribution in [3.8, 4) is 0 Å². The Balaban J connectivity index is 1.75. The molecule has 92 valence electrons. The monoisotopic (exact) mass is 232 g/mol. The maximum absolute atomic E-state index is 12.0. The van der Waals surface area contributed by atoms with E-state index in [2.05, 4.69) is 0 Å². The summed E-state index contributed by atoms with van der Waals surface area (Å²) in [5.41, 5.74) is 0.739. The SMILES string of the molecule is CC(OCCC1CCC1)C(=O)c1ccccc1. The van der Waals surface area contributed by atoms with E-state index in [9.17, 15) is 4.79 Å².